The molecule has 3 rings (SSSR count). The quantitative estimate of drug-likeness (QED) is 0.740. The van der Waals surface area contributed by atoms with Crippen LogP contribution < -0.4 is 5.56 Å². The number of rotatable bonds is 4. The largest absolute Gasteiger partial charge is 0.361 e. The van der Waals surface area contributed by atoms with Crippen LogP contribution in [0.5, 0.6) is 0 Å². The number of nitrogens with zero attached hydrogens (tertiary/aromatic N) is 2. The fraction of sp³-hybridized carbons (Fsp3) is 0.200. The lowest BCUT2D eigenvalue weighted by Crippen LogP contribution is -2.21. The molecule has 0 radical (unpaired) electrons. The minimum atomic E-state index is -0.0538. The Morgan fingerprint density at radius 2 is 2.10 bits per heavy atom. The van der Waals surface area contributed by atoms with Gasteiger partial charge in [-0.1, -0.05) is 30.3 Å². The average Bonchev–Trinajstić information content (AvgIpc) is 2.93. The summed E-state index contributed by atoms with van der Waals surface area (Å²) in [6.45, 7) is 2.72. The van der Waals surface area contributed by atoms with Crippen LogP contribution >= 0.6 is 11.3 Å². The number of fused-ring (bicyclic) bond motifs is 1. The van der Waals surface area contributed by atoms with Gasteiger partial charge in [-0.15, -0.1) is 11.3 Å². The fourth-order valence-electron chi connectivity index (χ4n) is 1.99. The molecule has 0 unspecified atom stereocenters. The maximum Gasteiger partial charge on any atom is 0.263 e. The van der Waals surface area contributed by atoms with Gasteiger partial charge < -0.3 is 4.74 Å². The third kappa shape index (κ3) is 2.37. The normalized spacial score (nSPS) is 11.1. The van der Waals surface area contributed by atoms with Crippen molar-refractivity contribution < 1.29 is 4.74 Å². The highest BCUT2D eigenvalue weighted by atomic mass is 32.1. The third-order valence-corrected chi connectivity index (χ3v) is 4.10. The van der Waals surface area contributed by atoms with E-state index in [1.165, 1.54) is 15.9 Å². The maximum absolute atomic E-state index is 12.3. The van der Waals surface area contributed by atoms with Gasteiger partial charge in [0.05, 0.1) is 5.39 Å². The van der Waals surface area contributed by atoms with Crippen LogP contribution in [0.2, 0.25) is 0 Å². The molecule has 3 aromatic rings. The highest BCUT2D eigenvalue weighted by Gasteiger charge is 2.10. The number of thiophene rings is 1. The van der Waals surface area contributed by atoms with Crippen molar-refractivity contribution in [1.82, 2.24) is 9.55 Å². The average molecular weight is 286 g/mol. The molecule has 5 heteroatoms. The van der Waals surface area contributed by atoms with Crippen LogP contribution in [0.15, 0.2) is 47.5 Å². The van der Waals surface area contributed by atoms with Crippen LogP contribution in [-0.2, 0) is 11.5 Å². The lowest BCUT2D eigenvalue weighted by molar-refractivity contribution is 0.0850. The lowest BCUT2D eigenvalue weighted by Gasteiger charge is -2.03. The zero-order chi connectivity index (χ0) is 13.9. The Hall–Kier alpha value is -1.98. The van der Waals surface area contributed by atoms with Crippen LogP contribution in [0.25, 0.3) is 20.7 Å². The van der Waals surface area contributed by atoms with Crippen LogP contribution in [0.1, 0.15) is 6.92 Å². The Morgan fingerprint density at radius 1 is 1.30 bits per heavy atom. The van der Waals surface area contributed by atoms with Gasteiger partial charge in [0.15, 0.2) is 0 Å². The standard InChI is InChI=1S/C15H14N2O2S/c1-2-19-10-17-9-16-14-12(15(17)18)8-13(20-14)11-6-4-3-5-7-11/h3-9H,2,10H2,1H3. The van der Waals surface area contributed by atoms with E-state index in [0.717, 1.165) is 15.3 Å². The first-order valence-electron chi connectivity index (χ1n) is 6.41. The van der Waals surface area contributed by atoms with Crippen molar-refractivity contribution in [3.8, 4) is 10.4 Å². The van der Waals surface area contributed by atoms with Crippen molar-refractivity contribution in [1.29, 1.82) is 0 Å². The third-order valence-electron chi connectivity index (χ3n) is 3.01. The van der Waals surface area contributed by atoms with Crippen molar-refractivity contribution >= 4 is 21.6 Å². The summed E-state index contributed by atoms with van der Waals surface area (Å²) in [4.78, 5) is 18.5. The van der Waals surface area contributed by atoms with Crippen molar-refractivity contribution in [3.05, 3.63) is 53.1 Å². The van der Waals surface area contributed by atoms with Gasteiger partial charge in [0.2, 0.25) is 0 Å². The Kier molecular flexibility index (Phi) is 3.62. The summed E-state index contributed by atoms with van der Waals surface area (Å²) >= 11 is 1.53. The maximum atomic E-state index is 12.3. The van der Waals surface area contributed by atoms with Gasteiger partial charge in [0, 0.05) is 11.5 Å². The molecule has 0 atom stereocenters. The van der Waals surface area contributed by atoms with Crippen molar-refractivity contribution in [3.63, 3.8) is 0 Å². The fourth-order valence-corrected chi connectivity index (χ4v) is 2.98. The first-order valence-corrected chi connectivity index (χ1v) is 7.23. The van der Waals surface area contributed by atoms with Gasteiger partial charge in [-0.25, -0.2) is 4.98 Å². The molecular formula is C15H14N2O2S. The molecule has 0 saturated carbocycles. The molecule has 0 amide bonds. The predicted molar refractivity (Wildman–Crippen MR) is 80.9 cm³/mol. The van der Waals surface area contributed by atoms with Crippen LogP contribution in [0, 0.1) is 0 Å². The molecule has 0 bridgehead atoms. The Morgan fingerprint density at radius 3 is 2.85 bits per heavy atom. The topological polar surface area (TPSA) is 44.1 Å². The smallest absolute Gasteiger partial charge is 0.263 e. The Labute approximate surface area is 120 Å². The van der Waals surface area contributed by atoms with E-state index in [1.807, 2.05) is 43.3 Å². The van der Waals surface area contributed by atoms with Gasteiger partial charge in [-0.2, -0.15) is 0 Å². The van der Waals surface area contributed by atoms with Gasteiger partial charge in [0.1, 0.15) is 17.9 Å². The number of aromatic nitrogens is 2. The molecule has 2 aromatic heterocycles. The van der Waals surface area contributed by atoms with Gasteiger partial charge >= 0.3 is 0 Å². The predicted octanol–water partition coefficient (Wildman–Crippen LogP) is 3.12. The SMILES string of the molecule is CCOCn1cnc2sc(-c3ccccc3)cc2c1=O. The zero-order valence-corrected chi connectivity index (χ0v) is 11.9. The van der Waals surface area contributed by atoms with Crippen LogP contribution in [0.3, 0.4) is 0 Å². The van der Waals surface area contributed by atoms with Crippen molar-refractivity contribution in [2.24, 2.45) is 0 Å². The molecule has 4 nitrogen and oxygen atoms in total. The van der Waals surface area contributed by atoms with E-state index in [-0.39, 0.29) is 12.3 Å². The highest BCUT2D eigenvalue weighted by molar-refractivity contribution is 7.21. The first kappa shape index (κ1) is 13.0. The van der Waals surface area contributed by atoms with Crippen LogP contribution in [0.4, 0.5) is 0 Å². The van der Waals surface area contributed by atoms with Gasteiger partial charge in [-0.05, 0) is 18.6 Å². The number of benzene rings is 1. The van der Waals surface area contributed by atoms with E-state index in [4.69, 9.17) is 4.74 Å². The molecule has 0 fully saturated rings. The van der Waals surface area contributed by atoms with Gasteiger partial charge in [0.25, 0.3) is 5.56 Å². The molecule has 0 saturated heterocycles. The summed E-state index contributed by atoms with van der Waals surface area (Å²) < 4.78 is 6.76. The monoisotopic (exact) mass is 286 g/mol. The van der Waals surface area contributed by atoms with E-state index in [2.05, 4.69) is 4.98 Å². The van der Waals surface area contributed by atoms with E-state index < -0.39 is 0 Å². The minimum Gasteiger partial charge on any atom is -0.361 e. The van der Waals surface area contributed by atoms with Crippen molar-refractivity contribution in [2.75, 3.05) is 6.61 Å². The summed E-state index contributed by atoms with van der Waals surface area (Å²) in [5, 5.41) is 0.649. The second-order valence-corrected chi connectivity index (χ2v) is 5.37. The summed E-state index contributed by atoms with van der Waals surface area (Å²) in [7, 11) is 0. The molecular weight excluding hydrogens is 272 g/mol. The molecule has 0 aliphatic carbocycles. The van der Waals surface area contributed by atoms with Crippen molar-refractivity contribution in [2.45, 2.75) is 13.7 Å². The first-order chi connectivity index (χ1) is 9.79. The molecule has 0 aliphatic rings. The Bertz CT molecular complexity index is 777. The molecule has 0 spiro atoms. The molecule has 2 heterocycles. The van der Waals surface area contributed by atoms with E-state index in [9.17, 15) is 4.79 Å². The molecule has 20 heavy (non-hydrogen) atoms. The lowest BCUT2D eigenvalue weighted by atomic mass is 10.2. The summed E-state index contributed by atoms with van der Waals surface area (Å²) in [5.41, 5.74) is 1.05. The molecule has 1 aromatic carbocycles. The van der Waals surface area contributed by atoms with E-state index >= 15 is 0 Å². The summed E-state index contributed by atoms with van der Waals surface area (Å²) in [6, 6.07) is 11.9. The van der Waals surface area contributed by atoms with E-state index in [1.54, 1.807) is 6.33 Å². The van der Waals surface area contributed by atoms with E-state index in [0.29, 0.717) is 12.0 Å². The molecule has 0 N–H and O–H groups in total. The molecule has 0 aliphatic heterocycles. The van der Waals surface area contributed by atoms with Crippen LogP contribution in [-0.4, -0.2) is 16.2 Å². The minimum absolute atomic E-state index is 0.0538. The molecule has 102 valence electrons. The highest BCUT2D eigenvalue weighted by Crippen LogP contribution is 2.30. The second-order valence-electron chi connectivity index (χ2n) is 4.34. The Balaban J connectivity index is 2.08. The number of hydrogen-bond acceptors (Lipinski definition) is 4. The number of ether oxygens (including phenoxy) is 1. The summed E-state index contributed by atoms with van der Waals surface area (Å²) in [6.07, 6.45) is 1.55. The zero-order valence-electron chi connectivity index (χ0n) is 11.1. The van der Waals surface area contributed by atoms with Gasteiger partial charge in [-0.3, -0.25) is 9.36 Å². The second kappa shape index (κ2) is 5.56. The summed E-state index contributed by atoms with van der Waals surface area (Å²) in [5.74, 6) is 0. The number of hydrogen-bond donors (Lipinski definition) is 0.